The molecule has 0 aliphatic heterocycles. The molecule has 1 saturated carbocycles. The summed E-state index contributed by atoms with van der Waals surface area (Å²) in [6, 6.07) is 2.99. The molecule has 2 rings (SSSR count). The lowest BCUT2D eigenvalue weighted by molar-refractivity contribution is -0.384. The highest BCUT2D eigenvalue weighted by Gasteiger charge is 2.26. The fourth-order valence-corrected chi connectivity index (χ4v) is 2.35. The van der Waals surface area contributed by atoms with Crippen LogP contribution in [0.15, 0.2) is 12.1 Å². The van der Waals surface area contributed by atoms with Crippen LogP contribution in [-0.4, -0.2) is 34.7 Å². The number of rotatable bonds is 5. The third-order valence-electron chi connectivity index (χ3n) is 3.48. The third kappa shape index (κ3) is 3.11. The van der Waals surface area contributed by atoms with Gasteiger partial charge in [-0.15, -0.1) is 0 Å². The van der Waals surface area contributed by atoms with Gasteiger partial charge in [0.15, 0.2) is 0 Å². The Bertz CT molecular complexity index is 466. The van der Waals surface area contributed by atoms with Gasteiger partial charge in [-0.3, -0.25) is 10.1 Å². The highest BCUT2D eigenvalue weighted by molar-refractivity contribution is 5.60. The Hall–Kier alpha value is -1.89. The van der Waals surface area contributed by atoms with Crippen LogP contribution in [-0.2, 0) is 0 Å². The molecule has 3 N–H and O–H groups in total. The van der Waals surface area contributed by atoms with Crippen molar-refractivity contribution in [2.45, 2.75) is 25.4 Å². The first-order valence-corrected chi connectivity index (χ1v) is 6.37. The second kappa shape index (κ2) is 5.83. The van der Waals surface area contributed by atoms with Crippen molar-refractivity contribution in [1.29, 1.82) is 0 Å². The predicted molar refractivity (Wildman–Crippen MR) is 72.3 cm³/mol. The molecule has 0 amide bonds. The molecule has 1 aromatic rings. The Morgan fingerprint density at radius 1 is 1.53 bits per heavy atom. The van der Waals surface area contributed by atoms with Crippen molar-refractivity contribution in [3.63, 3.8) is 0 Å². The molecule has 2 atom stereocenters. The van der Waals surface area contributed by atoms with Gasteiger partial charge in [0.2, 0.25) is 5.82 Å². The van der Waals surface area contributed by atoms with Gasteiger partial charge in [0, 0.05) is 25.6 Å². The molecule has 1 fully saturated rings. The summed E-state index contributed by atoms with van der Waals surface area (Å²) in [5, 5.41) is 26.5. The second-order valence-electron chi connectivity index (χ2n) is 4.71. The monoisotopic (exact) mass is 266 g/mol. The number of pyridine rings is 1. The number of nitro groups is 1. The van der Waals surface area contributed by atoms with Gasteiger partial charge in [0.1, 0.15) is 5.82 Å². The first-order valence-electron chi connectivity index (χ1n) is 6.37. The summed E-state index contributed by atoms with van der Waals surface area (Å²) < 4.78 is 0. The summed E-state index contributed by atoms with van der Waals surface area (Å²) >= 11 is 0. The first kappa shape index (κ1) is 13.5. The standard InChI is InChI=1S/C12H18N4O3/c1-13-11-6-5-9(16(18)19)12(15-11)14-7-8-3-2-4-10(8)17/h5-6,8,10,17H,2-4,7H2,1H3,(H2,13,14,15). The minimum atomic E-state index is -0.458. The van der Waals surface area contributed by atoms with Crippen LogP contribution < -0.4 is 10.6 Å². The number of aromatic nitrogens is 1. The molecule has 7 nitrogen and oxygen atoms in total. The Morgan fingerprint density at radius 3 is 2.89 bits per heavy atom. The smallest absolute Gasteiger partial charge is 0.311 e. The predicted octanol–water partition coefficient (Wildman–Crippen LogP) is 1.60. The van der Waals surface area contributed by atoms with Gasteiger partial charge in [0.25, 0.3) is 0 Å². The number of nitrogens with zero attached hydrogens (tertiary/aromatic N) is 2. The van der Waals surface area contributed by atoms with Crippen molar-refractivity contribution in [3.05, 3.63) is 22.2 Å². The van der Waals surface area contributed by atoms with E-state index in [4.69, 9.17) is 0 Å². The van der Waals surface area contributed by atoms with E-state index in [1.165, 1.54) is 6.07 Å². The van der Waals surface area contributed by atoms with Gasteiger partial charge in [-0.05, 0) is 18.9 Å². The third-order valence-corrected chi connectivity index (χ3v) is 3.48. The van der Waals surface area contributed by atoms with Crippen molar-refractivity contribution >= 4 is 17.3 Å². The van der Waals surface area contributed by atoms with Gasteiger partial charge in [-0.25, -0.2) is 4.98 Å². The first-order chi connectivity index (χ1) is 9.11. The van der Waals surface area contributed by atoms with E-state index in [2.05, 4.69) is 15.6 Å². The summed E-state index contributed by atoms with van der Waals surface area (Å²) in [4.78, 5) is 14.6. The van der Waals surface area contributed by atoms with E-state index in [1.54, 1.807) is 13.1 Å². The van der Waals surface area contributed by atoms with Gasteiger partial charge in [-0.1, -0.05) is 6.42 Å². The van der Waals surface area contributed by atoms with Crippen molar-refractivity contribution in [2.75, 3.05) is 24.2 Å². The number of aliphatic hydroxyl groups is 1. The molecule has 19 heavy (non-hydrogen) atoms. The van der Waals surface area contributed by atoms with E-state index in [0.29, 0.717) is 12.4 Å². The Morgan fingerprint density at radius 2 is 2.32 bits per heavy atom. The molecule has 0 saturated heterocycles. The molecule has 7 heteroatoms. The van der Waals surface area contributed by atoms with Gasteiger partial charge in [0.05, 0.1) is 11.0 Å². The SMILES string of the molecule is CNc1ccc([N+](=O)[O-])c(NCC2CCCC2O)n1. The Kier molecular flexibility index (Phi) is 4.16. The van der Waals surface area contributed by atoms with Gasteiger partial charge < -0.3 is 15.7 Å². The molecule has 0 radical (unpaired) electrons. The molecule has 1 aromatic heterocycles. The number of nitrogens with one attached hydrogen (secondary N) is 2. The average molecular weight is 266 g/mol. The maximum absolute atomic E-state index is 10.9. The van der Waals surface area contributed by atoms with Crippen LogP contribution in [0.1, 0.15) is 19.3 Å². The molecule has 2 unspecified atom stereocenters. The zero-order chi connectivity index (χ0) is 13.8. The van der Waals surface area contributed by atoms with Crippen molar-refractivity contribution < 1.29 is 10.0 Å². The summed E-state index contributed by atoms with van der Waals surface area (Å²) in [6.45, 7) is 0.502. The molecular formula is C12H18N4O3. The van der Waals surface area contributed by atoms with Crippen LogP contribution >= 0.6 is 0 Å². The zero-order valence-electron chi connectivity index (χ0n) is 10.8. The van der Waals surface area contributed by atoms with Crippen molar-refractivity contribution in [1.82, 2.24) is 4.98 Å². The molecule has 1 aliphatic rings. The Balaban J connectivity index is 2.10. The number of hydrogen-bond acceptors (Lipinski definition) is 6. The summed E-state index contributed by atoms with van der Waals surface area (Å²) in [6.07, 6.45) is 2.42. The van der Waals surface area contributed by atoms with Gasteiger partial charge in [-0.2, -0.15) is 0 Å². The topological polar surface area (TPSA) is 100 Å². The maximum atomic E-state index is 10.9. The van der Waals surface area contributed by atoms with Crippen LogP contribution in [0.3, 0.4) is 0 Å². The molecule has 104 valence electrons. The minimum Gasteiger partial charge on any atom is -0.393 e. The van der Waals surface area contributed by atoms with Crippen LogP contribution in [0.4, 0.5) is 17.3 Å². The summed E-state index contributed by atoms with van der Waals surface area (Å²) in [5.74, 6) is 0.954. The molecular weight excluding hydrogens is 248 g/mol. The number of aliphatic hydroxyl groups excluding tert-OH is 1. The Labute approximate surface area is 111 Å². The maximum Gasteiger partial charge on any atom is 0.311 e. The lowest BCUT2D eigenvalue weighted by Gasteiger charge is -2.15. The lowest BCUT2D eigenvalue weighted by atomic mass is 10.1. The fraction of sp³-hybridized carbons (Fsp3) is 0.583. The van der Waals surface area contributed by atoms with E-state index in [0.717, 1.165) is 19.3 Å². The second-order valence-corrected chi connectivity index (χ2v) is 4.71. The van der Waals surface area contributed by atoms with Crippen LogP contribution in [0.25, 0.3) is 0 Å². The summed E-state index contributed by atoms with van der Waals surface area (Å²) in [5.41, 5.74) is -0.0495. The number of anilines is 2. The highest BCUT2D eigenvalue weighted by Crippen LogP contribution is 2.28. The van der Waals surface area contributed by atoms with Crippen molar-refractivity contribution in [3.8, 4) is 0 Å². The molecule has 0 bridgehead atoms. The van der Waals surface area contributed by atoms with Crippen LogP contribution in [0.5, 0.6) is 0 Å². The van der Waals surface area contributed by atoms with E-state index in [1.807, 2.05) is 0 Å². The highest BCUT2D eigenvalue weighted by atomic mass is 16.6. The van der Waals surface area contributed by atoms with Gasteiger partial charge >= 0.3 is 5.69 Å². The average Bonchev–Trinajstić information content (AvgIpc) is 2.81. The minimum absolute atomic E-state index is 0.0495. The largest absolute Gasteiger partial charge is 0.393 e. The zero-order valence-corrected chi connectivity index (χ0v) is 10.8. The lowest BCUT2D eigenvalue weighted by Crippen LogP contribution is -2.22. The van der Waals surface area contributed by atoms with Crippen LogP contribution in [0.2, 0.25) is 0 Å². The van der Waals surface area contributed by atoms with E-state index >= 15 is 0 Å². The summed E-state index contributed by atoms with van der Waals surface area (Å²) in [7, 11) is 1.71. The molecule has 1 heterocycles. The van der Waals surface area contributed by atoms with E-state index in [-0.39, 0.29) is 23.5 Å². The molecule has 0 spiro atoms. The molecule has 0 aromatic carbocycles. The molecule has 1 aliphatic carbocycles. The normalized spacial score (nSPS) is 22.2. The van der Waals surface area contributed by atoms with Crippen molar-refractivity contribution in [2.24, 2.45) is 5.92 Å². The fourth-order valence-electron chi connectivity index (χ4n) is 2.35. The van der Waals surface area contributed by atoms with E-state index in [9.17, 15) is 15.2 Å². The number of hydrogen-bond donors (Lipinski definition) is 3. The van der Waals surface area contributed by atoms with E-state index < -0.39 is 4.92 Å². The van der Waals surface area contributed by atoms with Crippen LogP contribution in [0, 0.1) is 16.0 Å². The quantitative estimate of drug-likeness (QED) is 0.553.